The summed E-state index contributed by atoms with van der Waals surface area (Å²) in [6, 6.07) is 0. The average molecular weight is 293 g/mol. The molecule has 0 aromatic heterocycles. The van der Waals surface area contributed by atoms with Crippen molar-refractivity contribution in [2.24, 2.45) is 0 Å². The van der Waals surface area contributed by atoms with Gasteiger partial charge in [-0.15, -0.1) is 0 Å². The van der Waals surface area contributed by atoms with E-state index in [-0.39, 0.29) is 12.3 Å². The maximum absolute atomic E-state index is 11.2. The molecule has 16 heavy (non-hydrogen) atoms. The molecule has 1 atom stereocenters. The topological polar surface area (TPSA) is 44.8 Å². The number of ether oxygens (including phenoxy) is 3. The molecule has 92 valence electrons. The third kappa shape index (κ3) is 5.09. The Labute approximate surface area is 104 Å². The molecule has 1 rings (SSSR count). The summed E-state index contributed by atoms with van der Waals surface area (Å²) >= 11 is 3.14. The quantitative estimate of drug-likeness (QED) is 0.576. The molecular formula is C11H17BrO4. The van der Waals surface area contributed by atoms with Crippen LogP contribution >= 0.6 is 15.9 Å². The van der Waals surface area contributed by atoms with Crippen LogP contribution in [0.3, 0.4) is 0 Å². The van der Waals surface area contributed by atoms with E-state index in [2.05, 4.69) is 15.9 Å². The van der Waals surface area contributed by atoms with E-state index >= 15 is 0 Å². The van der Waals surface area contributed by atoms with Gasteiger partial charge in [0.05, 0.1) is 13.2 Å². The molecule has 4 nitrogen and oxygen atoms in total. The number of esters is 1. The molecular weight excluding hydrogens is 276 g/mol. The van der Waals surface area contributed by atoms with Gasteiger partial charge in [-0.25, -0.2) is 4.79 Å². The first-order valence-electron chi connectivity index (χ1n) is 5.50. The fourth-order valence-electron chi connectivity index (χ4n) is 1.35. The lowest BCUT2D eigenvalue weighted by molar-refractivity contribution is -0.155. The lowest BCUT2D eigenvalue weighted by Crippen LogP contribution is -2.22. The molecule has 1 aliphatic rings. The maximum atomic E-state index is 11.2. The largest absolute Gasteiger partial charge is 0.462 e. The van der Waals surface area contributed by atoms with Crippen LogP contribution in [0.2, 0.25) is 0 Å². The maximum Gasteiger partial charge on any atom is 0.344 e. The number of carbonyl (C=O) groups excluding carboxylic acids is 1. The molecule has 0 aromatic rings. The van der Waals surface area contributed by atoms with Gasteiger partial charge in [0.15, 0.2) is 6.29 Å². The summed E-state index contributed by atoms with van der Waals surface area (Å²) in [5.41, 5.74) is 0. The van der Waals surface area contributed by atoms with Crippen LogP contribution in [-0.4, -0.2) is 32.1 Å². The highest BCUT2D eigenvalue weighted by Gasteiger charge is 2.13. The van der Waals surface area contributed by atoms with Gasteiger partial charge in [0.2, 0.25) is 0 Å². The minimum absolute atomic E-state index is 0.132. The Morgan fingerprint density at radius 1 is 1.56 bits per heavy atom. The van der Waals surface area contributed by atoms with Crippen molar-refractivity contribution in [2.75, 3.05) is 19.8 Å². The van der Waals surface area contributed by atoms with Gasteiger partial charge in [-0.05, 0) is 48.2 Å². The van der Waals surface area contributed by atoms with Crippen molar-refractivity contribution in [1.82, 2.24) is 0 Å². The smallest absolute Gasteiger partial charge is 0.344 e. The SMILES string of the molecule is CCOC(=O)/C(Br)=C/COC1CCCCO1. The summed E-state index contributed by atoms with van der Waals surface area (Å²) in [5.74, 6) is -0.365. The van der Waals surface area contributed by atoms with Crippen molar-refractivity contribution >= 4 is 21.9 Å². The van der Waals surface area contributed by atoms with E-state index in [0.717, 1.165) is 25.9 Å². The standard InChI is InChI=1S/C11H17BrO4/c1-2-14-11(13)9(12)6-8-16-10-5-3-4-7-15-10/h6,10H,2-5,7-8H2,1H3/b9-6-. The van der Waals surface area contributed by atoms with Crippen molar-refractivity contribution in [3.8, 4) is 0 Å². The Morgan fingerprint density at radius 3 is 3.00 bits per heavy atom. The second kappa shape index (κ2) is 7.81. The molecule has 0 aromatic carbocycles. The Morgan fingerprint density at radius 2 is 2.38 bits per heavy atom. The first-order valence-corrected chi connectivity index (χ1v) is 6.29. The highest BCUT2D eigenvalue weighted by molar-refractivity contribution is 9.12. The molecule has 0 amide bonds. The minimum Gasteiger partial charge on any atom is -0.462 e. The molecule has 5 heteroatoms. The van der Waals surface area contributed by atoms with Crippen LogP contribution in [0.1, 0.15) is 26.2 Å². The van der Waals surface area contributed by atoms with Gasteiger partial charge in [-0.3, -0.25) is 0 Å². The highest BCUT2D eigenvalue weighted by Crippen LogP contribution is 2.14. The molecule has 0 spiro atoms. The lowest BCUT2D eigenvalue weighted by Gasteiger charge is -2.21. The van der Waals surface area contributed by atoms with Crippen molar-refractivity contribution < 1.29 is 19.0 Å². The van der Waals surface area contributed by atoms with Crippen LogP contribution < -0.4 is 0 Å². The molecule has 1 aliphatic heterocycles. The van der Waals surface area contributed by atoms with Gasteiger partial charge in [-0.2, -0.15) is 0 Å². The monoisotopic (exact) mass is 292 g/mol. The van der Waals surface area contributed by atoms with Crippen molar-refractivity contribution in [1.29, 1.82) is 0 Å². The van der Waals surface area contributed by atoms with Crippen molar-refractivity contribution in [2.45, 2.75) is 32.5 Å². The van der Waals surface area contributed by atoms with Gasteiger partial charge < -0.3 is 14.2 Å². The van der Waals surface area contributed by atoms with Crippen LogP contribution in [0.15, 0.2) is 10.6 Å². The van der Waals surface area contributed by atoms with Gasteiger partial charge in [0.1, 0.15) is 4.48 Å². The summed E-state index contributed by atoms with van der Waals surface area (Å²) in [6.07, 6.45) is 4.67. The normalized spacial score (nSPS) is 21.9. The average Bonchev–Trinajstić information content (AvgIpc) is 2.30. The summed E-state index contributed by atoms with van der Waals surface area (Å²) in [7, 11) is 0. The molecule has 1 unspecified atom stereocenters. The van der Waals surface area contributed by atoms with E-state index < -0.39 is 0 Å². The number of hydrogen-bond acceptors (Lipinski definition) is 4. The summed E-state index contributed by atoms with van der Waals surface area (Å²) in [5, 5.41) is 0. The first kappa shape index (κ1) is 13.7. The predicted octanol–water partition coefficient (Wildman–Crippen LogP) is 2.37. The number of carbonyl (C=O) groups is 1. The minimum atomic E-state index is -0.365. The van der Waals surface area contributed by atoms with Crippen LogP contribution in [0.4, 0.5) is 0 Å². The first-order chi connectivity index (χ1) is 7.74. The fraction of sp³-hybridized carbons (Fsp3) is 0.727. The zero-order chi connectivity index (χ0) is 11.8. The molecule has 0 saturated carbocycles. The molecule has 0 aliphatic carbocycles. The molecule has 1 fully saturated rings. The van der Waals surface area contributed by atoms with Gasteiger partial charge in [-0.1, -0.05) is 0 Å². The van der Waals surface area contributed by atoms with E-state index in [1.807, 2.05) is 0 Å². The van der Waals surface area contributed by atoms with Crippen LogP contribution in [0.5, 0.6) is 0 Å². The Balaban J connectivity index is 2.21. The van der Waals surface area contributed by atoms with Crippen molar-refractivity contribution in [3.05, 3.63) is 10.6 Å². The Hall–Kier alpha value is -0.390. The Kier molecular flexibility index (Phi) is 6.68. The third-order valence-corrected chi connectivity index (χ3v) is 2.80. The summed E-state index contributed by atoms with van der Waals surface area (Å²) < 4.78 is 16.0. The van der Waals surface area contributed by atoms with Gasteiger partial charge in [0.25, 0.3) is 0 Å². The van der Waals surface area contributed by atoms with Crippen LogP contribution in [-0.2, 0) is 19.0 Å². The second-order valence-corrected chi connectivity index (χ2v) is 4.26. The lowest BCUT2D eigenvalue weighted by atomic mass is 10.2. The molecule has 1 saturated heterocycles. The highest BCUT2D eigenvalue weighted by atomic mass is 79.9. The molecule has 0 N–H and O–H groups in total. The van der Waals surface area contributed by atoms with E-state index in [1.54, 1.807) is 13.0 Å². The molecule has 0 bridgehead atoms. The summed E-state index contributed by atoms with van der Waals surface area (Å²) in [6.45, 7) is 3.25. The predicted molar refractivity (Wildman–Crippen MR) is 63.2 cm³/mol. The zero-order valence-electron chi connectivity index (χ0n) is 9.41. The number of rotatable bonds is 5. The van der Waals surface area contributed by atoms with Crippen LogP contribution in [0, 0.1) is 0 Å². The van der Waals surface area contributed by atoms with E-state index in [9.17, 15) is 4.79 Å². The van der Waals surface area contributed by atoms with E-state index in [4.69, 9.17) is 14.2 Å². The molecule has 1 heterocycles. The fourth-order valence-corrected chi connectivity index (χ4v) is 1.60. The van der Waals surface area contributed by atoms with Gasteiger partial charge >= 0.3 is 5.97 Å². The van der Waals surface area contributed by atoms with Crippen molar-refractivity contribution in [3.63, 3.8) is 0 Å². The Bertz CT molecular complexity index is 246. The van der Waals surface area contributed by atoms with Gasteiger partial charge in [0, 0.05) is 6.61 Å². The van der Waals surface area contributed by atoms with Crippen LogP contribution in [0.25, 0.3) is 0 Å². The zero-order valence-corrected chi connectivity index (χ0v) is 11.0. The third-order valence-electron chi connectivity index (χ3n) is 2.15. The number of hydrogen-bond donors (Lipinski definition) is 0. The summed E-state index contributed by atoms with van der Waals surface area (Å²) in [4.78, 5) is 11.2. The second-order valence-electron chi connectivity index (χ2n) is 3.40. The molecule has 0 radical (unpaired) electrons. The number of halogens is 1. The van der Waals surface area contributed by atoms with E-state index in [0.29, 0.717) is 17.7 Å². The van der Waals surface area contributed by atoms with E-state index in [1.165, 1.54) is 0 Å².